The van der Waals surface area contributed by atoms with Gasteiger partial charge in [-0.25, -0.2) is 9.36 Å². The predicted octanol–water partition coefficient (Wildman–Crippen LogP) is -1.31. The topological polar surface area (TPSA) is 188 Å². The zero-order valence-corrected chi connectivity index (χ0v) is 14.3. The average Bonchev–Trinajstić information content (AvgIpc) is 2.80. The molecule has 2 rings (SSSR count). The van der Waals surface area contributed by atoms with Gasteiger partial charge in [0.05, 0.1) is 12.7 Å². The highest BCUT2D eigenvalue weighted by atomic mass is 31.2. The fourth-order valence-electron chi connectivity index (χ4n) is 2.01. The van der Waals surface area contributed by atoms with Gasteiger partial charge in [0, 0.05) is 25.1 Å². The van der Waals surface area contributed by atoms with E-state index in [-0.39, 0.29) is 6.42 Å². The van der Waals surface area contributed by atoms with Crippen LogP contribution in [0.3, 0.4) is 0 Å². The minimum atomic E-state index is -4.67. The van der Waals surface area contributed by atoms with Crippen molar-refractivity contribution in [2.75, 3.05) is 6.61 Å². The van der Waals surface area contributed by atoms with Gasteiger partial charge in [-0.05, 0) is 6.92 Å². The number of H-pyrrole nitrogens is 1. The van der Waals surface area contributed by atoms with E-state index in [4.69, 9.17) is 24.4 Å². The Kier molecular flexibility index (Phi) is 7.23. The molecule has 12 nitrogen and oxygen atoms in total. The molecule has 1 aromatic heterocycles. The Balaban J connectivity index is 0.000000705. The number of carbonyl (C=O) groups is 1. The Bertz CT molecular complexity index is 762. The lowest BCUT2D eigenvalue weighted by atomic mass is 10.2. The summed E-state index contributed by atoms with van der Waals surface area (Å²) in [6, 6.07) is 0. The van der Waals surface area contributed by atoms with Crippen molar-refractivity contribution in [2.45, 2.75) is 38.7 Å². The van der Waals surface area contributed by atoms with E-state index >= 15 is 0 Å². The molecule has 1 aliphatic heterocycles. The number of rotatable bonds is 4. The molecule has 0 aromatic carbocycles. The van der Waals surface area contributed by atoms with Crippen LogP contribution in [-0.2, 0) is 18.6 Å². The first-order chi connectivity index (χ1) is 11.4. The number of aromatic nitrogens is 2. The third kappa shape index (κ3) is 6.90. The molecule has 1 aromatic rings. The number of aliphatic hydroxyl groups excluding tert-OH is 1. The van der Waals surface area contributed by atoms with Crippen LogP contribution in [0, 0.1) is 6.92 Å². The molecule has 1 fully saturated rings. The average molecular weight is 382 g/mol. The van der Waals surface area contributed by atoms with E-state index in [0.717, 1.165) is 11.5 Å². The number of hydrogen-bond acceptors (Lipinski definition) is 7. The third-order valence-corrected chi connectivity index (χ3v) is 3.55. The van der Waals surface area contributed by atoms with Crippen LogP contribution in [0.2, 0.25) is 0 Å². The standard InChI is InChI=1S/C10H15N2O8P.C2H4O2/c1-5-3-12(10(15)11-9(5)14)8-2-6(13)7(20-8)4-19-21(16,17)18;1-2(3)4/h3,6-8,13H,2,4H2,1H3,(H,11,14,15)(H2,16,17,18);1H3,(H,3,4)/t6-,7+,8+;/m0./s1. The normalized spacial score (nSPS) is 23.0. The first-order valence-corrected chi connectivity index (χ1v) is 8.49. The van der Waals surface area contributed by atoms with Crippen molar-refractivity contribution < 1.29 is 38.6 Å². The fraction of sp³-hybridized carbons (Fsp3) is 0.583. The summed E-state index contributed by atoms with van der Waals surface area (Å²) < 4.78 is 21.4. The molecule has 3 atom stereocenters. The van der Waals surface area contributed by atoms with Gasteiger partial charge in [0.15, 0.2) is 0 Å². The van der Waals surface area contributed by atoms with E-state index in [0.29, 0.717) is 5.56 Å². The van der Waals surface area contributed by atoms with Crippen molar-refractivity contribution in [1.29, 1.82) is 0 Å². The summed E-state index contributed by atoms with van der Waals surface area (Å²) in [7, 11) is -4.67. The van der Waals surface area contributed by atoms with Crippen molar-refractivity contribution in [3.63, 3.8) is 0 Å². The van der Waals surface area contributed by atoms with E-state index < -0.39 is 50.1 Å². The maximum atomic E-state index is 11.7. The van der Waals surface area contributed by atoms with Crippen LogP contribution in [0.15, 0.2) is 15.8 Å². The van der Waals surface area contributed by atoms with Gasteiger partial charge in [-0.15, -0.1) is 0 Å². The summed E-state index contributed by atoms with van der Waals surface area (Å²) in [5.74, 6) is -0.833. The Morgan fingerprint density at radius 2 is 2.04 bits per heavy atom. The first-order valence-electron chi connectivity index (χ1n) is 6.96. The van der Waals surface area contributed by atoms with Crippen LogP contribution in [0.4, 0.5) is 0 Å². The minimum Gasteiger partial charge on any atom is -0.481 e. The number of phosphoric acid groups is 1. The summed E-state index contributed by atoms with van der Waals surface area (Å²) in [5.41, 5.74) is -0.918. The van der Waals surface area contributed by atoms with E-state index in [1.54, 1.807) is 0 Å². The first kappa shape index (κ1) is 21.2. The monoisotopic (exact) mass is 382 g/mol. The van der Waals surface area contributed by atoms with Gasteiger partial charge in [0.25, 0.3) is 11.5 Å². The molecule has 1 saturated heterocycles. The molecular formula is C12H19N2O10P. The summed E-state index contributed by atoms with van der Waals surface area (Å²) in [6.07, 6.45) is -1.57. The fourth-order valence-corrected chi connectivity index (χ4v) is 2.35. The minimum absolute atomic E-state index is 0.0283. The number of aliphatic hydroxyl groups is 1. The predicted molar refractivity (Wildman–Crippen MR) is 81.9 cm³/mol. The van der Waals surface area contributed by atoms with Crippen molar-refractivity contribution in [2.24, 2.45) is 0 Å². The van der Waals surface area contributed by atoms with Gasteiger partial charge in [-0.2, -0.15) is 0 Å². The van der Waals surface area contributed by atoms with Crippen molar-refractivity contribution in [3.05, 3.63) is 32.6 Å². The number of carboxylic acids is 1. The van der Waals surface area contributed by atoms with Crippen molar-refractivity contribution >= 4 is 13.8 Å². The van der Waals surface area contributed by atoms with Gasteiger partial charge < -0.3 is 24.7 Å². The van der Waals surface area contributed by atoms with Gasteiger partial charge in [-0.3, -0.25) is 23.7 Å². The Morgan fingerprint density at radius 3 is 2.56 bits per heavy atom. The summed E-state index contributed by atoms with van der Waals surface area (Å²) in [4.78, 5) is 51.3. The summed E-state index contributed by atoms with van der Waals surface area (Å²) in [6.45, 7) is 2.08. The molecule has 2 heterocycles. The van der Waals surface area contributed by atoms with Crippen LogP contribution < -0.4 is 11.2 Å². The van der Waals surface area contributed by atoms with Crippen LogP contribution in [0.1, 0.15) is 25.1 Å². The number of phosphoric ester groups is 1. The molecule has 0 saturated carbocycles. The van der Waals surface area contributed by atoms with Crippen LogP contribution in [0.5, 0.6) is 0 Å². The SMILES string of the molecule is CC(=O)O.Cc1cn([C@H]2C[C@H](O)[C@@H](COP(=O)(O)O)O2)c(=O)[nH]c1=O. The zero-order valence-electron chi connectivity index (χ0n) is 13.4. The number of aryl methyl sites for hydroxylation is 1. The smallest absolute Gasteiger partial charge is 0.469 e. The highest BCUT2D eigenvalue weighted by Gasteiger charge is 2.37. The number of aliphatic carboxylic acids is 1. The molecular weight excluding hydrogens is 363 g/mol. The quantitative estimate of drug-likeness (QED) is 0.391. The van der Waals surface area contributed by atoms with Gasteiger partial charge >= 0.3 is 13.5 Å². The second-order valence-electron chi connectivity index (χ2n) is 5.22. The maximum Gasteiger partial charge on any atom is 0.469 e. The second-order valence-corrected chi connectivity index (χ2v) is 6.46. The number of carboxylic acid groups (broad SMARTS) is 1. The van der Waals surface area contributed by atoms with Crippen LogP contribution in [-0.4, -0.2) is 54.3 Å². The Morgan fingerprint density at radius 1 is 1.48 bits per heavy atom. The molecule has 0 aliphatic carbocycles. The number of nitrogens with zero attached hydrogens (tertiary/aromatic N) is 1. The lowest BCUT2D eigenvalue weighted by molar-refractivity contribution is -0.134. The van der Waals surface area contributed by atoms with E-state index in [9.17, 15) is 19.3 Å². The number of nitrogens with one attached hydrogen (secondary N) is 1. The molecule has 25 heavy (non-hydrogen) atoms. The second kappa shape index (κ2) is 8.52. The highest BCUT2D eigenvalue weighted by molar-refractivity contribution is 7.46. The number of aromatic amines is 1. The molecule has 1 aliphatic rings. The van der Waals surface area contributed by atoms with Crippen molar-refractivity contribution in [1.82, 2.24) is 9.55 Å². The Hall–Kier alpha value is -1.82. The van der Waals surface area contributed by atoms with Gasteiger partial charge in [0.1, 0.15) is 12.3 Å². The van der Waals surface area contributed by atoms with Crippen LogP contribution >= 0.6 is 7.82 Å². The Labute approximate surface area is 140 Å². The molecule has 0 amide bonds. The van der Waals surface area contributed by atoms with Gasteiger partial charge in [-0.1, -0.05) is 0 Å². The van der Waals surface area contributed by atoms with Crippen molar-refractivity contribution in [3.8, 4) is 0 Å². The summed E-state index contributed by atoms with van der Waals surface area (Å²) >= 11 is 0. The number of hydrogen-bond donors (Lipinski definition) is 5. The molecule has 142 valence electrons. The van der Waals surface area contributed by atoms with E-state index in [1.165, 1.54) is 13.1 Å². The largest absolute Gasteiger partial charge is 0.481 e. The molecule has 5 N–H and O–H groups in total. The molecule has 0 bridgehead atoms. The van der Waals surface area contributed by atoms with Crippen LogP contribution in [0.25, 0.3) is 0 Å². The van der Waals surface area contributed by atoms with E-state index in [2.05, 4.69) is 9.51 Å². The van der Waals surface area contributed by atoms with E-state index in [1.807, 2.05) is 0 Å². The lowest BCUT2D eigenvalue weighted by Gasteiger charge is -2.16. The zero-order chi connectivity index (χ0) is 19.4. The number of ether oxygens (including phenoxy) is 1. The maximum absolute atomic E-state index is 11.7. The molecule has 13 heteroatoms. The molecule has 0 spiro atoms. The van der Waals surface area contributed by atoms with Gasteiger partial charge in [0.2, 0.25) is 0 Å². The lowest BCUT2D eigenvalue weighted by Crippen LogP contribution is -2.33. The molecule has 0 radical (unpaired) electrons. The molecule has 0 unspecified atom stereocenters. The highest BCUT2D eigenvalue weighted by Crippen LogP contribution is 2.38. The summed E-state index contributed by atoms with van der Waals surface area (Å²) in [5, 5.41) is 17.2. The third-order valence-electron chi connectivity index (χ3n) is 3.07.